The third-order valence-corrected chi connectivity index (χ3v) is 4.49. The first kappa shape index (κ1) is 16.2. The third kappa shape index (κ3) is 3.90. The molecule has 0 aromatic heterocycles. The first-order chi connectivity index (χ1) is 7.17. The second kappa shape index (κ2) is 7.52. The second-order valence-corrected chi connectivity index (χ2v) is 5.12. The quantitative estimate of drug-likeness (QED) is 0.778. The molecule has 3 heteroatoms. The molecule has 0 radical (unpaired) electrons. The van der Waals surface area contributed by atoms with Gasteiger partial charge >= 0.3 is 0 Å². The minimum absolute atomic E-state index is 0. The van der Waals surface area contributed by atoms with Crippen LogP contribution in [0, 0.1) is 5.41 Å². The largest absolute Gasteiger partial charge is 0.315 e. The minimum atomic E-state index is 0. The van der Waals surface area contributed by atoms with Gasteiger partial charge in [-0.25, -0.2) is 0 Å². The van der Waals surface area contributed by atoms with E-state index in [2.05, 4.69) is 38.0 Å². The fraction of sp³-hybridized carbons (Fsp3) is 1.00. The van der Waals surface area contributed by atoms with Crippen molar-refractivity contribution >= 4 is 12.4 Å². The van der Waals surface area contributed by atoms with Crippen LogP contribution in [0.1, 0.15) is 46.5 Å². The molecule has 1 aliphatic rings. The molecule has 98 valence electrons. The number of likely N-dealkylation sites (N-methyl/N-ethyl adjacent to an activating group) is 1. The van der Waals surface area contributed by atoms with Gasteiger partial charge in [-0.15, -0.1) is 12.4 Å². The van der Waals surface area contributed by atoms with Gasteiger partial charge < -0.3 is 10.2 Å². The van der Waals surface area contributed by atoms with Crippen molar-refractivity contribution in [3.05, 3.63) is 0 Å². The van der Waals surface area contributed by atoms with Gasteiger partial charge in [0.05, 0.1) is 0 Å². The van der Waals surface area contributed by atoms with Gasteiger partial charge in [0.1, 0.15) is 0 Å². The van der Waals surface area contributed by atoms with E-state index in [1.54, 1.807) is 0 Å². The summed E-state index contributed by atoms with van der Waals surface area (Å²) < 4.78 is 0. The zero-order valence-corrected chi connectivity index (χ0v) is 12.2. The van der Waals surface area contributed by atoms with Crippen molar-refractivity contribution in [1.29, 1.82) is 0 Å². The molecule has 1 saturated heterocycles. The maximum absolute atomic E-state index is 3.45. The summed E-state index contributed by atoms with van der Waals surface area (Å²) in [5.41, 5.74) is 0.553. The summed E-state index contributed by atoms with van der Waals surface area (Å²) in [5.74, 6) is 0. The monoisotopic (exact) mass is 248 g/mol. The zero-order chi connectivity index (χ0) is 11.3. The van der Waals surface area contributed by atoms with Crippen LogP contribution in [0.5, 0.6) is 0 Å². The first-order valence-electron chi connectivity index (χ1n) is 6.58. The normalized spacial score (nSPS) is 21.2. The molecule has 0 aromatic rings. The maximum Gasteiger partial charge on any atom is 0.0229 e. The standard InChI is InChI=1S/C13H28N2.ClH/c1-5-13(6-2,7-3)11-15(4)12-8-9-14-10-12;/h12,14H,5-11H2,1-4H3;1H. The molecule has 1 N–H and O–H groups in total. The molecule has 1 aliphatic heterocycles. The van der Waals surface area contributed by atoms with E-state index in [0.717, 1.165) is 6.04 Å². The van der Waals surface area contributed by atoms with Gasteiger partial charge in [0, 0.05) is 19.1 Å². The fourth-order valence-corrected chi connectivity index (χ4v) is 2.76. The summed E-state index contributed by atoms with van der Waals surface area (Å²) in [7, 11) is 2.30. The SMILES string of the molecule is CCC(CC)(CC)CN(C)C1CCNC1.Cl. The van der Waals surface area contributed by atoms with Crippen LogP contribution in [-0.2, 0) is 0 Å². The van der Waals surface area contributed by atoms with Gasteiger partial charge in [0.25, 0.3) is 0 Å². The Morgan fingerprint density at radius 2 is 1.75 bits per heavy atom. The van der Waals surface area contributed by atoms with Crippen molar-refractivity contribution in [3.8, 4) is 0 Å². The van der Waals surface area contributed by atoms with Crippen LogP contribution in [0.3, 0.4) is 0 Å². The first-order valence-corrected chi connectivity index (χ1v) is 6.58. The number of nitrogens with zero attached hydrogens (tertiary/aromatic N) is 1. The van der Waals surface area contributed by atoms with Crippen LogP contribution in [0.15, 0.2) is 0 Å². The summed E-state index contributed by atoms with van der Waals surface area (Å²) in [6, 6.07) is 0.772. The Balaban J connectivity index is 0.00000225. The Morgan fingerprint density at radius 3 is 2.12 bits per heavy atom. The van der Waals surface area contributed by atoms with Crippen LogP contribution < -0.4 is 5.32 Å². The Labute approximate surface area is 108 Å². The Kier molecular flexibility index (Phi) is 7.62. The molecule has 0 saturated carbocycles. The highest BCUT2D eigenvalue weighted by atomic mass is 35.5. The average molecular weight is 249 g/mol. The van der Waals surface area contributed by atoms with Crippen molar-refractivity contribution in [1.82, 2.24) is 10.2 Å². The highest BCUT2D eigenvalue weighted by molar-refractivity contribution is 5.85. The lowest BCUT2D eigenvalue weighted by molar-refractivity contribution is 0.125. The van der Waals surface area contributed by atoms with Gasteiger partial charge in [0.15, 0.2) is 0 Å². The maximum atomic E-state index is 3.45. The molecular weight excluding hydrogens is 220 g/mol. The predicted octanol–water partition coefficient (Wildman–Crippen LogP) is 2.92. The molecule has 2 nitrogen and oxygen atoms in total. The topological polar surface area (TPSA) is 15.3 Å². The van der Waals surface area contributed by atoms with Crippen LogP contribution in [0.4, 0.5) is 0 Å². The van der Waals surface area contributed by atoms with E-state index >= 15 is 0 Å². The number of rotatable bonds is 6. The highest BCUT2D eigenvalue weighted by Crippen LogP contribution is 2.31. The summed E-state index contributed by atoms with van der Waals surface area (Å²) in [6.07, 6.45) is 5.25. The number of nitrogens with one attached hydrogen (secondary N) is 1. The minimum Gasteiger partial charge on any atom is -0.315 e. The van der Waals surface area contributed by atoms with Crippen LogP contribution in [0.25, 0.3) is 0 Å². The lowest BCUT2D eigenvalue weighted by Crippen LogP contribution is -2.41. The van der Waals surface area contributed by atoms with Gasteiger partial charge in [-0.05, 0) is 44.7 Å². The van der Waals surface area contributed by atoms with E-state index < -0.39 is 0 Å². The molecule has 0 spiro atoms. The second-order valence-electron chi connectivity index (χ2n) is 5.12. The lowest BCUT2D eigenvalue weighted by atomic mass is 9.79. The van der Waals surface area contributed by atoms with Crippen molar-refractivity contribution in [3.63, 3.8) is 0 Å². The van der Waals surface area contributed by atoms with E-state index in [1.165, 1.54) is 45.3 Å². The summed E-state index contributed by atoms with van der Waals surface area (Å²) >= 11 is 0. The molecule has 0 aromatic carbocycles. The average Bonchev–Trinajstić information content (AvgIpc) is 2.79. The van der Waals surface area contributed by atoms with E-state index in [9.17, 15) is 0 Å². The van der Waals surface area contributed by atoms with Gasteiger partial charge in [-0.1, -0.05) is 20.8 Å². The zero-order valence-electron chi connectivity index (χ0n) is 11.4. The van der Waals surface area contributed by atoms with Gasteiger partial charge in [-0.2, -0.15) is 0 Å². The predicted molar refractivity (Wildman–Crippen MR) is 74.5 cm³/mol. The molecule has 1 unspecified atom stereocenters. The number of halogens is 1. The fourth-order valence-electron chi connectivity index (χ4n) is 2.76. The molecule has 0 amide bonds. The molecule has 0 aliphatic carbocycles. The van der Waals surface area contributed by atoms with Crippen molar-refractivity contribution in [2.75, 3.05) is 26.7 Å². The van der Waals surface area contributed by atoms with Gasteiger partial charge in [0.2, 0.25) is 0 Å². The van der Waals surface area contributed by atoms with E-state index in [-0.39, 0.29) is 12.4 Å². The highest BCUT2D eigenvalue weighted by Gasteiger charge is 2.29. The molecule has 16 heavy (non-hydrogen) atoms. The van der Waals surface area contributed by atoms with Crippen molar-refractivity contribution in [2.24, 2.45) is 5.41 Å². The Bertz CT molecular complexity index is 167. The molecule has 1 rings (SSSR count). The Hall–Kier alpha value is 0.210. The van der Waals surface area contributed by atoms with Gasteiger partial charge in [-0.3, -0.25) is 0 Å². The number of hydrogen-bond donors (Lipinski definition) is 1. The smallest absolute Gasteiger partial charge is 0.0229 e. The summed E-state index contributed by atoms with van der Waals surface area (Å²) in [4.78, 5) is 2.58. The molecule has 1 atom stereocenters. The molecule has 0 bridgehead atoms. The third-order valence-electron chi connectivity index (χ3n) is 4.49. The van der Waals surface area contributed by atoms with Crippen LogP contribution in [0.2, 0.25) is 0 Å². The number of hydrogen-bond acceptors (Lipinski definition) is 2. The molecule has 1 fully saturated rings. The van der Waals surface area contributed by atoms with Crippen LogP contribution in [-0.4, -0.2) is 37.6 Å². The molecule has 1 heterocycles. The lowest BCUT2D eigenvalue weighted by Gasteiger charge is -2.37. The molecular formula is C13H29ClN2. The van der Waals surface area contributed by atoms with Crippen molar-refractivity contribution in [2.45, 2.75) is 52.5 Å². The Morgan fingerprint density at radius 1 is 1.19 bits per heavy atom. The summed E-state index contributed by atoms with van der Waals surface area (Å²) in [5, 5.41) is 3.45. The van der Waals surface area contributed by atoms with Crippen LogP contribution >= 0.6 is 12.4 Å². The van der Waals surface area contributed by atoms with E-state index in [4.69, 9.17) is 0 Å². The summed E-state index contributed by atoms with van der Waals surface area (Å²) in [6.45, 7) is 10.7. The van der Waals surface area contributed by atoms with Crippen molar-refractivity contribution < 1.29 is 0 Å². The van der Waals surface area contributed by atoms with E-state index in [0.29, 0.717) is 5.41 Å². The van der Waals surface area contributed by atoms with E-state index in [1.807, 2.05) is 0 Å².